The Balaban J connectivity index is 1.55. The first-order valence-corrected chi connectivity index (χ1v) is 7.38. The van der Waals surface area contributed by atoms with Crippen molar-refractivity contribution >= 4 is 5.88 Å². The van der Waals surface area contributed by atoms with Crippen LogP contribution in [-0.2, 0) is 6.42 Å². The lowest BCUT2D eigenvalue weighted by Crippen LogP contribution is -2.45. The predicted octanol–water partition coefficient (Wildman–Crippen LogP) is 2.74. The first-order chi connectivity index (χ1) is 9.22. The van der Waals surface area contributed by atoms with Gasteiger partial charge in [-0.25, -0.2) is 4.98 Å². The molecule has 0 spiro atoms. The standard InChI is InChI=1S/C15H19N3O/c16-7-13-15(17)19-14(18-13)6-12-10-2-8-1-9(4-10)5-11(12)3-8/h8-12H,1-6,17H2. The van der Waals surface area contributed by atoms with Crippen molar-refractivity contribution in [1.29, 1.82) is 5.26 Å². The maximum Gasteiger partial charge on any atom is 0.229 e. The van der Waals surface area contributed by atoms with Crippen molar-refractivity contribution in [2.75, 3.05) is 5.73 Å². The second-order valence-corrected chi connectivity index (χ2v) is 6.73. The molecule has 4 nitrogen and oxygen atoms in total. The van der Waals surface area contributed by atoms with Crippen LogP contribution in [0.2, 0.25) is 0 Å². The first kappa shape index (κ1) is 11.3. The minimum Gasteiger partial charge on any atom is -0.424 e. The summed E-state index contributed by atoms with van der Waals surface area (Å²) in [4.78, 5) is 4.23. The third kappa shape index (κ3) is 1.75. The summed E-state index contributed by atoms with van der Waals surface area (Å²) in [6.45, 7) is 0. The molecule has 0 aromatic carbocycles. The molecule has 5 rings (SSSR count). The van der Waals surface area contributed by atoms with Crippen molar-refractivity contribution in [3.63, 3.8) is 0 Å². The van der Waals surface area contributed by atoms with Crippen LogP contribution in [0.1, 0.15) is 43.7 Å². The molecule has 19 heavy (non-hydrogen) atoms. The van der Waals surface area contributed by atoms with Gasteiger partial charge in [0.2, 0.25) is 11.6 Å². The molecule has 4 aliphatic carbocycles. The first-order valence-electron chi connectivity index (χ1n) is 7.38. The van der Waals surface area contributed by atoms with Gasteiger partial charge in [-0.05, 0) is 61.7 Å². The van der Waals surface area contributed by atoms with Gasteiger partial charge in [0.15, 0.2) is 5.89 Å². The molecule has 4 fully saturated rings. The van der Waals surface area contributed by atoms with Gasteiger partial charge in [-0.3, -0.25) is 0 Å². The molecule has 0 radical (unpaired) electrons. The fourth-order valence-corrected chi connectivity index (χ4v) is 5.12. The number of nitrogens with zero attached hydrogens (tertiary/aromatic N) is 2. The zero-order valence-electron chi connectivity index (χ0n) is 11.0. The van der Waals surface area contributed by atoms with Crippen molar-refractivity contribution in [2.24, 2.45) is 29.6 Å². The molecule has 0 aliphatic heterocycles. The highest BCUT2D eigenvalue weighted by Gasteiger charge is 2.48. The summed E-state index contributed by atoms with van der Waals surface area (Å²) < 4.78 is 5.46. The van der Waals surface area contributed by atoms with Gasteiger partial charge in [0.1, 0.15) is 6.07 Å². The number of aromatic nitrogens is 1. The van der Waals surface area contributed by atoms with E-state index < -0.39 is 0 Å². The van der Waals surface area contributed by atoms with E-state index in [1.54, 1.807) is 0 Å². The zero-order chi connectivity index (χ0) is 13.0. The summed E-state index contributed by atoms with van der Waals surface area (Å²) in [6.07, 6.45) is 7.96. The monoisotopic (exact) mass is 257 g/mol. The quantitative estimate of drug-likeness (QED) is 0.883. The Morgan fingerprint density at radius 1 is 1.16 bits per heavy atom. The maximum atomic E-state index is 8.89. The van der Waals surface area contributed by atoms with Crippen LogP contribution in [0.4, 0.5) is 5.88 Å². The van der Waals surface area contributed by atoms with Gasteiger partial charge in [-0.2, -0.15) is 5.26 Å². The van der Waals surface area contributed by atoms with Crippen LogP contribution in [0, 0.1) is 40.9 Å². The summed E-state index contributed by atoms with van der Waals surface area (Å²) in [6, 6.07) is 1.99. The van der Waals surface area contributed by atoms with Crippen LogP contribution in [0.3, 0.4) is 0 Å². The molecular weight excluding hydrogens is 238 g/mol. The molecule has 1 aromatic heterocycles. The lowest BCUT2D eigenvalue weighted by Gasteiger charge is -2.54. The van der Waals surface area contributed by atoms with Gasteiger partial charge in [0.25, 0.3) is 0 Å². The topological polar surface area (TPSA) is 75.8 Å². The SMILES string of the molecule is N#Cc1nc(CC2C3CC4CC(C3)CC2C4)oc1N. The van der Waals surface area contributed by atoms with E-state index in [4.69, 9.17) is 15.4 Å². The molecule has 100 valence electrons. The van der Waals surface area contributed by atoms with Crippen LogP contribution < -0.4 is 5.73 Å². The number of anilines is 1. The lowest BCUT2D eigenvalue weighted by molar-refractivity contribution is -0.0381. The average molecular weight is 257 g/mol. The van der Waals surface area contributed by atoms with E-state index in [-0.39, 0.29) is 11.6 Å². The number of hydrogen-bond donors (Lipinski definition) is 1. The van der Waals surface area contributed by atoms with E-state index in [1.165, 1.54) is 32.1 Å². The van der Waals surface area contributed by atoms with E-state index in [0.29, 0.717) is 11.8 Å². The largest absolute Gasteiger partial charge is 0.424 e. The molecule has 0 saturated heterocycles. The fourth-order valence-electron chi connectivity index (χ4n) is 5.12. The average Bonchev–Trinajstić information content (AvgIpc) is 2.73. The van der Waals surface area contributed by atoms with Crippen LogP contribution in [-0.4, -0.2) is 4.98 Å². The minimum atomic E-state index is 0.182. The maximum absolute atomic E-state index is 8.89. The van der Waals surface area contributed by atoms with E-state index in [0.717, 1.165) is 30.1 Å². The molecular formula is C15H19N3O. The van der Waals surface area contributed by atoms with Gasteiger partial charge < -0.3 is 10.2 Å². The molecule has 0 atom stereocenters. The summed E-state index contributed by atoms with van der Waals surface area (Å²) in [5.41, 5.74) is 5.90. The van der Waals surface area contributed by atoms with E-state index >= 15 is 0 Å². The Morgan fingerprint density at radius 3 is 2.32 bits per heavy atom. The summed E-state index contributed by atoms with van der Waals surface area (Å²) in [7, 11) is 0. The van der Waals surface area contributed by atoms with Crippen molar-refractivity contribution in [3.8, 4) is 6.07 Å². The molecule has 4 saturated carbocycles. The Bertz CT molecular complexity index is 514. The smallest absolute Gasteiger partial charge is 0.229 e. The highest BCUT2D eigenvalue weighted by atomic mass is 16.4. The van der Waals surface area contributed by atoms with Crippen molar-refractivity contribution in [3.05, 3.63) is 11.6 Å². The Kier molecular flexibility index (Phi) is 2.38. The van der Waals surface area contributed by atoms with Crippen LogP contribution in [0.25, 0.3) is 0 Å². The van der Waals surface area contributed by atoms with Gasteiger partial charge in [-0.15, -0.1) is 0 Å². The number of nitrogen functional groups attached to an aromatic ring is 1. The Labute approximate surface area is 113 Å². The molecule has 4 bridgehead atoms. The van der Waals surface area contributed by atoms with E-state index in [1.807, 2.05) is 6.07 Å². The third-order valence-electron chi connectivity index (χ3n) is 5.64. The molecule has 2 N–H and O–H groups in total. The second-order valence-electron chi connectivity index (χ2n) is 6.73. The molecule has 0 amide bonds. The third-order valence-corrected chi connectivity index (χ3v) is 5.64. The summed E-state index contributed by atoms with van der Waals surface area (Å²) in [5, 5.41) is 8.89. The fraction of sp³-hybridized carbons (Fsp3) is 0.733. The Morgan fingerprint density at radius 2 is 1.79 bits per heavy atom. The van der Waals surface area contributed by atoms with Gasteiger partial charge in [0.05, 0.1) is 0 Å². The second kappa shape index (κ2) is 4.00. The van der Waals surface area contributed by atoms with Crippen molar-refractivity contribution < 1.29 is 4.42 Å². The van der Waals surface area contributed by atoms with Crippen molar-refractivity contribution in [1.82, 2.24) is 4.98 Å². The normalized spacial score (nSPS) is 39.4. The summed E-state index contributed by atoms with van der Waals surface area (Å²) >= 11 is 0. The van der Waals surface area contributed by atoms with E-state index in [9.17, 15) is 0 Å². The summed E-state index contributed by atoms with van der Waals surface area (Å²) in [5.74, 6) is 5.25. The van der Waals surface area contributed by atoms with Crippen LogP contribution >= 0.6 is 0 Å². The predicted molar refractivity (Wildman–Crippen MR) is 69.9 cm³/mol. The van der Waals surface area contributed by atoms with Crippen LogP contribution in [0.5, 0.6) is 0 Å². The molecule has 1 heterocycles. The number of nitrogens with two attached hydrogens (primary N) is 1. The van der Waals surface area contributed by atoms with Crippen molar-refractivity contribution in [2.45, 2.75) is 38.5 Å². The number of rotatable bonds is 2. The van der Waals surface area contributed by atoms with E-state index in [2.05, 4.69) is 4.98 Å². The highest BCUT2D eigenvalue weighted by molar-refractivity contribution is 5.40. The molecule has 0 unspecified atom stereocenters. The van der Waals surface area contributed by atoms with Gasteiger partial charge in [0, 0.05) is 6.42 Å². The highest BCUT2D eigenvalue weighted by Crippen LogP contribution is 2.57. The lowest BCUT2D eigenvalue weighted by atomic mass is 9.51. The molecule has 1 aromatic rings. The zero-order valence-corrected chi connectivity index (χ0v) is 11.0. The minimum absolute atomic E-state index is 0.182. The molecule has 4 aliphatic rings. The Hall–Kier alpha value is -1.50. The number of oxazole rings is 1. The van der Waals surface area contributed by atoms with Crippen LogP contribution in [0.15, 0.2) is 4.42 Å². The van der Waals surface area contributed by atoms with Gasteiger partial charge in [-0.1, -0.05) is 0 Å². The van der Waals surface area contributed by atoms with Gasteiger partial charge >= 0.3 is 0 Å². The molecule has 4 heteroatoms. The number of hydrogen-bond acceptors (Lipinski definition) is 4. The number of nitriles is 1.